The predicted octanol–water partition coefficient (Wildman–Crippen LogP) is 3.47. The number of methoxy groups -OCH3 is 1. The Morgan fingerprint density at radius 1 is 1.33 bits per heavy atom. The first-order valence-electron chi connectivity index (χ1n) is 8.37. The van der Waals surface area contributed by atoms with Gasteiger partial charge in [0.05, 0.1) is 11.4 Å². The van der Waals surface area contributed by atoms with Gasteiger partial charge in [-0.1, -0.05) is 12.1 Å². The number of carbonyl (C=O) groups excluding carboxylic acids is 2. The number of thiazole rings is 1. The van der Waals surface area contributed by atoms with Crippen LogP contribution in [0, 0.1) is 5.82 Å². The van der Waals surface area contributed by atoms with E-state index in [1.165, 1.54) is 41.4 Å². The number of anilines is 2. The first-order valence-corrected chi connectivity index (χ1v) is 9.25. The van der Waals surface area contributed by atoms with Crippen molar-refractivity contribution in [1.29, 1.82) is 0 Å². The second-order valence-corrected chi connectivity index (χ2v) is 6.64. The van der Waals surface area contributed by atoms with Crippen LogP contribution < -0.4 is 4.90 Å². The van der Waals surface area contributed by atoms with Crippen molar-refractivity contribution in [3.8, 4) is 0 Å². The van der Waals surface area contributed by atoms with Gasteiger partial charge in [0.1, 0.15) is 5.82 Å². The smallest absolute Gasteiger partial charge is 0.246 e. The molecule has 0 aliphatic carbocycles. The van der Waals surface area contributed by atoms with Gasteiger partial charge in [0.2, 0.25) is 11.8 Å². The zero-order valence-electron chi connectivity index (χ0n) is 15.5. The minimum absolute atomic E-state index is 0.142. The fraction of sp³-hybridized carbons (Fsp3) is 0.316. The number of rotatable bonds is 8. The van der Waals surface area contributed by atoms with E-state index in [-0.39, 0.29) is 17.5 Å². The van der Waals surface area contributed by atoms with Gasteiger partial charge in [0, 0.05) is 45.7 Å². The molecule has 0 aliphatic rings. The van der Waals surface area contributed by atoms with Crippen LogP contribution in [0.5, 0.6) is 0 Å². The van der Waals surface area contributed by atoms with Crippen LogP contribution in [-0.2, 0) is 14.3 Å². The maximum atomic E-state index is 14.1. The maximum absolute atomic E-state index is 14.1. The molecule has 1 aromatic heterocycles. The highest BCUT2D eigenvalue weighted by Gasteiger charge is 2.20. The molecule has 0 spiro atoms. The van der Waals surface area contributed by atoms with E-state index in [0.717, 1.165) is 6.42 Å². The molecule has 2 amide bonds. The highest BCUT2D eigenvalue weighted by molar-refractivity contribution is 7.14. The summed E-state index contributed by atoms with van der Waals surface area (Å²) < 4.78 is 19.0. The molecule has 8 heteroatoms. The van der Waals surface area contributed by atoms with Crippen LogP contribution in [0.4, 0.5) is 15.2 Å². The molecule has 0 bridgehead atoms. The molecule has 1 heterocycles. The fourth-order valence-corrected chi connectivity index (χ4v) is 3.18. The van der Waals surface area contributed by atoms with E-state index in [9.17, 15) is 14.0 Å². The summed E-state index contributed by atoms with van der Waals surface area (Å²) >= 11 is 1.20. The Bertz CT molecular complexity index is 822. The normalized spacial score (nSPS) is 11.0. The Balaban J connectivity index is 2.11. The maximum Gasteiger partial charge on any atom is 0.246 e. The molecule has 0 unspecified atom stereocenters. The Hall–Kier alpha value is -2.58. The van der Waals surface area contributed by atoms with Crippen molar-refractivity contribution in [3.63, 3.8) is 0 Å². The monoisotopic (exact) mass is 391 g/mol. The van der Waals surface area contributed by atoms with Crippen LogP contribution in [0.15, 0.2) is 35.7 Å². The van der Waals surface area contributed by atoms with Crippen LogP contribution in [0.25, 0.3) is 6.08 Å². The third-order valence-electron chi connectivity index (χ3n) is 3.72. The van der Waals surface area contributed by atoms with Gasteiger partial charge in [0.25, 0.3) is 0 Å². The van der Waals surface area contributed by atoms with Gasteiger partial charge in [-0.25, -0.2) is 9.37 Å². The Kier molecular flexibility index (Phi) is 7.63. The van der Waals surface area contributed by atoms with E-state index in [4.69, 9.17) is 4.74 Å². The molecular formula is C19H22FN3O3S. The average Bonchev–Trinajstić information content (AvgIpc) is 3.09. The summed E-state index contributed by atoms with van der Waals surface area (Å²) in [6.07, 6.45) is 3.76. The minimum Gasteiger partial charge on any atom is -0.385 e. The number of hydrogen-bond acceptors (Lipinski definition) is 5. The van der Waals surface area contributed by atoms with Crippen molar-refractivity contribution >= 4 is 40.0 Å². The fourth-order valence-electron chi connectivity index (χ4n) is 2.34. The quantitative estimate of drug-likeness (QED) is 0.511. The third kappa shape index (κ3) is 5.70. The molecule has 144 valence electrons. The lowest BCUT2D eigenvalue weighted by Gasteiger charge is -2.18. The number of amides is 2. The summed E-state index contributed by atoms with van der Waals surface area (Å²) in [5, 5.41) is 2.05. The van der Waals surface area contributed by atoms with Crippen molar-refractivity contribution in [2.45, 2.75) is 13.3 Å². The number of halogens is 1. The van der Waals surface area contributed by atoms with Gasteiger partial charge < -0.3 is 9.64 Å². The van der Waals surface area contributed by atoms with Crippen molar-refractivity contribution in [2.24, 2.45) is 0 Å². The van der Waals surface area contributed by atoms with Crippen molar-refractivity contribution in [2.75, 3.05) is 32.2 Å². The van der Waals surface area contributed by atoms with E-state index < -0.39 is 5.82 Å². The first kappa shape index (κ1) is 20.7. The van der Waals surface area contributed by atoms with Crippen LogP contribution in [0.1, 0.15) is 19.0 Å². The van der Waals surface area contributed by atoms with Crippen molar-refractivity contribution < 1.29 is 18.7 Å². The summed E-state index contributed by atoms with van der Waals surface area (Å²) in [5.74, 6) is -1.01. The molecule has 1 aromatic carbocycles. The number of carbonyl (C=O) groups is 2. The van der Waals surface area contributed by atoms with Gasteiger partial charge in [0.15, 0.2) is 5.13 Å². The predicted molar refractivity (Wildman–Crippen MR) is 104 cm³/mol. The van der Waals surface area contributed by atoms with Gasteiger partial charge in [-0.3, -0.25) is 14.5 Å². The molecule has 0 aliphatic heterocycles. The molecule has 0 radical (unpaired) electrons. The first-order chi connectivity index (χ1) is 12.9. The van der Waals surface area contributed by atoms with Crippen molar-refractivity contribution in [1.82, 2.24) is 9.88 Å². The topological polar surface area (TPSA) is 62.7 Å². The van der Waals surface area contributed by atoms with Crippen LogP contribution >= 0.6 is 11.3 Å². The number of ether oxygens (including phenoxy) is 1. The number of para-hydroxylation sites is 1. The molecule has 0 saturated heterocycles. The van der Waals surface area contributed by atoms with Crippen LogP contribution in [-0.4, -0.2) is 49.0 Å². The number of aromatic nitrogens is 1. The molecular weight excluding hydrogens is 369 g/mol. The van der Waals surface area contributed by atoms with E-state index in [2.05, 4.69) is 4.98 Å². The SMILES string of the molecule is COCCCN(C)C(=O)/C=C/c1csc(N(C(C)=O)c2ccccc2F)n1. The summed E-state index contributed by atoms with van der Waals surface area (Å²) in [7, 11) is 3.33. The van der Waals surface area contributed by atoms with Crippen LogP contribution in [0.2, 0.25) is 0 Å². The standard InChI is InChI=1S/C19H22FN3O3S/c1-14(24)23(17-8-5-4-7-16(17)20)19-21-15(13-27-19)9-10-18(25)22(2)11-6-12-26-3/h4-5,7-10,13H,6,11-12H2,1-3H3/b10-9+. The zero-order chi connectivity index (χ0) is 19.8. The summed E-state index contributed by atoms with van der Waals surface area (Å²) in [4.78, 5) is 31.3. The largest absolute Gasteiger partial charge is 0.385 e. The third-order valence-corrected chi connectivity index (χ3v) is 4.57. The molecule has 0 fully saturated rings. The lowest BCUT2D eigenvalue weighted by molar-refractivity contribution is -0.124. The number of benzene rings is 1. The van der Waals surface area contributed by atoms with E-state index in [0.29, 0.717) is 24.0 Å². The van der Waals surface area contributed by atoms with Crippen molar-refractivity contribution in [3.05, 3.63) is 47.2 Å². The molecule has 0 N–H and O–H groups in total. The van der Waals surface area contributed by atoms with Gasteiger partial charge in [-0.05, 0) is 24.6 Å². The second-order valence-electron chi connectivity index (χ2n) is 5.80. The van der Waals surface area contributed by atoms with E-state index >= 15 is 0 Å². The molecule has 0 saturated carbocycles. The van der Waals surface area contributed by atoms with Gasteiger partial charge in [-0.2, -0.15) is 0 Å². The Morgan fingerprint density at radius 2 is 2.07 bits per heavy atom. The number of hydrogen-bond donors (Lipinski definition) is 0. The van der Waals surface area contributed by atoms with Gasteiger partial charge >= 0.3 is 0 Å². The van der Waals surface area contributed by atoms with Gasteiger partial charge in [-0.15, -0.1) is 11.3 Å². The van der Waals surface area contributed by atoms with Crippen LogP contribution in [0.3, 0.4) is 0 Å². The minimum atomic E-state index is -0.507. The summed E-state index contributed by atoms with van der Waals surface area (Å²) in [6.45, 7) is 2.53. The molecule has 2 aromatic rings. The highest BCUT2D eigenvalue weighted by Crippen LogP contribution is 2.30. The summed E-state index contributed by atoms with van der Waals surface area (Å²) in [6, 6.07) is 6.02. The zero-order valence-corrected chi connectivity index (χ0v) is 16.3. The molecule has 27 heavy (non-hydrogen) atoms. The number of likely N-dealkylation sites (N-methyl/N-ethyl adjacent to an activating group) is 1. The highest BCUT2D eigenvalue weighted by atomic mass is 32.1. The lowest BCUT2D eigenvalue weighted by atomic mass is 10.3. The Labute approximate surface area is 161 Å². The average molecular weight is 391 g/mol. The number of nitrogens with zero attached hydrogens (tertiary/aromatic N) is 3. The lowest BCUT2D eigenvalue weighted by Crippen LogP contribution is -2.26. The van der Waals surface area contributed by atoms with E-state index in [1.807, 2.05) is 0 Å². The molecule has 2 rings (SSSR count). The summed E-state index contributed by atoms with van der Waals surface area (Å²) in [5.41, 5.74) is 0.667. The second kappa shape index (κ2) is 9.94. The van der Waals surface area contributed by atoms with E-state index in [1.54, 1.807) is 42.6 Å². The molecule has 6 nitrogen and oxygen atoms in total. The molecule has 0 atom stereocenters. The Morgan fingerprint density at radius 3 is 2.74 bits per heavy atom.